The van der Waals surface area contributed by atoms with Gasteiger partial charge < -0.3 is 14.5 Å². The quantitative estimate of drug-likeness (QED) is 0.775. The Morgan fingerprint density at radius 3 is 2.31 bits per heavy atom. The van der Waals surface area contributed by atoms with Gasteiger partial charge in [-0.25, -0.2) is 0 Å². The monoisotopic (exact) mass is 352 g/mol. The van der Waals surface area contributed by atoms with Crippen LogP contribution < -0.4 is 14.5 Å². The van der Waals surface area contributed by atoms with Crippen molar-refractivity contribution in [2.24, 2.45) is 5.92 Å². The van der Waals surface area contributed by atoms with Gasteiger partial charge in [0.2, 0.25) is 5.91 Å². The van der Waals surface area contributed by atoms with Gasteiger partial charge in [-0.05, 0) is 62.1 Å². The zero-order valence-electron chi connectivity index (χ0n) is 15.7. The minimum absolute atomic E-state index is 0.116. The van der Waals surface area contributed by atoms with E-state index < -0.39 is 0 Å². The average molecular weight is 352 g/mol. The summed E-state index contributed by atoms with van der Waals surface area (Å²) in [5, 5.41) is 0. The lowest BCUT2D eigenvalue weighted by Crippen LogP contribution is -2.40. The molecular weight excluding hydrogens is 324 g/mol. The highest BCUT2D eigenvalue weighted by Crippen LogP contribution is 2.27. The summed E-state index contributed by atoms with van der Waals surface area (Å²) in [6.07, 6.45) is 2.20. The fourth-order valence-corrected chi connectivity index (χ4v) is 3.58. The standard InChI is InChI=1S/C22H28N2O2/c1-3-26-22-11-9-20(10-12-22)23-15-13-19(14-16-23)17-24(18(2)25)21-7-5-4-6-8-21/h4-12,19H,3,13-17H2,1-2H3. The number of ether oxygens (including phenoxy) is 1. The van der Waals surface area contributed by atoms with Crippen LogP contribution in [0.5, 0.6) is 5.75 Å². The Morgan fingerprint density at radius 2 is 1.73 bits per heavy atom. The predicted octanol–water partition coefficient (Wildman–Crippen LogP) is 4.35. The van der Waals surface area contributed by atoms with E-state index in [1.807, 2.05) is 54.3 Å². The van der Waals surface area contributed by atoms with Gasteiger partial charge in [-0.3, -0.25) is 4.79 Å². The molecule has 1 aliphatic heterocycles. The second kappa shape index (κ2) is 8.75. The van der Waals surface area contributed by atoms with E-state index in [9.17, 15) is 4.79 Å². The SMILES string of the molecule is CCOc1ccc(N2CCC(CN(C(C)=O)c3ccccc3)CC2)cc1. The molecule has 0 aliphatic carbocycles. The minimum atomic E-state index is 0.116. The van der Waals surface area contributed by atoms with Gasteiger partial charge in [0.15, 0.2) is 0 Å². The maximum absolute atomic E-state index is 12.1. The Morgan fingerprint density at radius 1 is 1.08 bits per heavy atom. The first-order chi connectivity index (χ1) is 12.7. The molecule has 0 bridgehead atoms. The molecule has 26 heavy (non-hydrogen) atoms. The number of para-hydroxylation sites is 1. The highest BCUT2D eigenvalue weighted by atomic mass is 16.5. The largest absolute Gasteiger partial charge is 0.494 e. The highest BCUT2D eigenvalue weighted by molar-refractivity contribution is 5.91. The van der Waals surface area contributed by atoms with E-state index in [2.05, 4.69) is 17.0 Å². The van der Waals surface area contributed by atoms with Crippen molar-refractivity contribution in [1.82, 2.24) is 0 Å². The van der Waals surface area contributed by atoms with Gasteiger partial charge in [-0.2, -0.15) is 0 Å². The van der Waals surface area contributed by atoms with Crippen molar-refractivity contribution in [1.29, 1.82) is 0 Å². The molecule has 0 unspecified atom stereocenters. The number of amides is 1. The second-order valence-corrected chi connectivity index (χ2v) is 6.82. The van der Waals surface area contributed by atoms with Crippen LogP contribution in [0.3, 0.4) is 0 Å². The summed E-state index contributed by atoms with van der Waals surface area (Å²) in [4.78, 5) is 16.4. The van der Waals surface area contributed by atoms with Crippen molar-refractivity contribution in [3.05, 3.63) is 54.6 Å². The van der Waals surface area contributed by atoms with E-state index >= 15 is 0 Å². The van der Waals surface area contributed by atoms with Crippen molar-refractivity contribution in [3.8, 4) is 5.75 Å². The lowest BCUT2D eigenvalue weighted by Gasteiger charge is -2.36. The van der Waals surface area contributed by atoms with Gasteiger partial charge in [0.25, 0.3) is 0 Å². The molecule has 2 aromatic rings. The molecule has 0 aromatic heterocycles. The molecule has 1 heterocycles. The van der Waals surface area contributed by atoms with Crippen molar-refractivity contribution in [3.63, 3.8) is 0 Å². The van der Waals surface area contributed by atoms with Crippen molar-refractivity contribution >= 4 is 17.3 Å². The van der Waals surface area contributed by atoms with Crippen LogP contribution in [0.4, 0.5) is 11.4 Å². The van der Waals surface area contributed by atoms with Crippen molar-refractivity contribution < 1.29 is 9.53 Å². The van der Waals surface area contributed by atoms with E-state index in [0.717, 1.165) is 43.9 Å². The fourth-order valence-electron chi connectivity index (χ4n) is 3.58. The lowest BCUT2D eigenvalue weighted by molar-refractivity contribution is -0.116. The van der Waals surface area contributed by atoms with Gasteiger partial charge in [0.05, 0.1) is 6.61 Å². The average Bonchev–Trinajstić information content (AvgIpc) is 2.68. The first-order valence-electron chi connectivity index (χ1n) is 9.48. The molecule has 0 saturated carbocycles. The van der Waals surface area contributed by atoms with Crippen LogP contribution in [0.2, 0.25) is 0 Å². The van der Waals surface area contributed by atoms with E-state index in [1.54, 1.807) is 6.92 Å². The van der Waals surface area contributed by atoms with Crippen LogP contribution in [0.25, 0.3) is 0 Å². The zero-order valence-corrected chi connectivity index (χ0v) is 15.7. The number of hydrogen-bond donors (Lipinski definition) is 0. The third-order valence-corrected chi connectivity index (χ3v) is 5.02. The van der Waals surface area contributed by atoms with E-state index in [1.165, 1.54) is 5.69 Å². The normalized spacial score (nSPS) is 14.9. The number of anilines is 2. The molecule has 1 amide bonds. The lowest BCUT2D eigenvalue weighted by atomic mass is 9.95. The molecular formula is C22H28N2O2. The summed E-state index contributed by atoms with van der Waals surface area (Å²) in [5.74, 6) is 1.58. The number of benzene rings is 2. The van der Waals surface area contributed by atoms with Crippen LogP contribution in [0, 0.1) is 5.92 Å². The van der Waals surface area contributed by atoms with E-state index in [0.29, 0.717) is 12.5 Å². The number of rotatable bonds is 6. The van der Waals surface area contributed by atoms with Gasteiger partial charge in [0.1, 0.15) is 5.75 Å². The molecule has 0 spiro atoms. The summed E-state index contributed by atoms with van der Waals surface area (Å²) in [7, 11) is 0. The molecule has 1 saturated heterocycles. The molecule has 2 aromatic carbocycles. The molecule has 4 heteroatoms. The Hall–Kier alpha value is -2.49. The van der Waals surface area contributed by atoms with Crippen LogP contribution in [0.1, 0.15) is 26.7 Å². The van der Waals surface area contributed by atoms with E-state index in [4.69, 9.17) is 4.74 Å². The van der Waals surface area contributed by atoms with Crippen LogP contribution >= 0.6 is 0 Å². The maximum Gasteiger partial charge on any atom is 0.223 e. The molecule has 1 fully saturated rings. The molecule has 0 atom stereocenters. The molecule has 4 nitrogen and oxygen atoms in total. The first kappa shape index (κ1) is 18.3. The molecule has 3 rings (SSSR count). The Labute approximate surface area is 156 Å². The van der Waals surface area contributed by atoms with Crippen molar-refractivity contribution in [2.45, 2.75) is 26.7 Å². The third-order valence-electron chi connectivity index (χ3n) is 5.02. The summed E-state index contributed by atoms with van der Waals surface area (Å²) in [5.41, 5.74) is 2.24. The minimum Gasteiger partial charge on any atom is -0.494 e. The summed E-state index contributed by atoms with van der Waals surface area (Å²) in [6.45, 7) is 7.20. The number of carbonyl (C=O) groups excluding carboxylic acids is 1. The Kier molecular flexibility index (Phi) is 6.16. The number of piperidine rings is 1. The maximum atomic E-state index is 12.1. The van der Waals surface area contributed by atoms with Gasteiger partial charge in [-0.15, -0.1) is 0 Å². The summed E-state index contributed by atoms with van der Waals surface area (Å²) in [6, 6.07) is 18.3. The zero-order chi connectivity index (χ0) is 18.4. The van der Waals surface area contributed by atoms with Crippen LogP contribution in [-0.4, -0.2) is 32.1 Å². The van der Waals surface area contributed by atoms with E-state index in [-0.39, 0.29) is 5.91 Å². The molecule has 0 N–H and O–H groups in total. The van der Waals surface area contributed by atoms with Crippen LogP contribution in [0.15, 0.2) is 54.6 Å². The Balaban J connectivity index is 1.56. The molecule has 138 valence electrons. The number of carbonyl (C=O) groups is 1. The second-order valence-electron chi connectivity index (χ2n) is 6.82. The number of nitrogens with zero attached hydrogens (tertiary/aromatic N) is 2. The topological polar surface area (TPSA) is 32.8 Å². The Bertz CT molecular complexity index is 692. The van der Waals surface area contributed by atoms with Crippen molar-refractivity contribution in [2.75, 3.05) is 36.0 Å². The number of hydrogen-bond acceptors (Lipinski definition) is 3. The fraction of sp³-hybridized carbons (Fsp3) is 0.409. The predicted molar refractivity (Wildman–Crippen MR) is 107 cm³/mol. The first-order valence-corrected chi connectivity index (χ1v) is 9.48. The highest BCUT2D eigenvalue weighted by Gasteiger charge is 2.23. The van der Waals surface area contributed by atoms with Crippen LogP contribution in [-0.2, 0) is 4.79 Å². The third kappa shape index (κ3) is 4.57. The molecule has 1 aliphatic rings. The van der Waals surface area contributed by atoms with Gasteiger partial charge >= 0.3 is 0 Å². The molecule has 0 radical (unpaired) electrons. The van der Waals surface area contributed by atoms with Gasteiger partial charge in [-0.1, -0.05) is 18.2 Å². The summed E-state index contributed by atoms with van der Waals surface area (Å²) >= 11 is 0. The summed E-state index contributed by atoms with van der Waals surface area (Å²) < 4.78 is 5.52. The van der Waals surface area contributed by atoms with Gasteiger partial charge in [0, 0.05) is 37.9 Å². The smallest absolute Gasteiger partial charge is 0.223 e.